The molecule has 1 atom stereocenters. The molecule has 62 valence electrons. The van der Waals surface area contributed by atoms with E-state index in [2.05, 4.69) is 0 Å². The fourth-order valence-corrected chi connectivity index (χ4v) is 1.08. The summed E-state index contributed by atoms with van der Waals surface area (Å²) in [6.45, 7) is 3.95. The van der Waals surface area contributed by atoms with E-state index in [-0.39, 0.29) is 6.23 Å². The van der Waals surface area contributed by atoms with Crippen molar-refractivity contribution >= 4 is 0 Å². The molecule has 0 bridgehead atoms. The summed E-state index contributed by atoms with van der Waals surface area (Å²) in [6, 6.07) is 0. The van der Waals surface area contributed by atoms with Gasteiger partial charge in [-0.1, -0.05) is 6.92 Å². The molecular formula is C8H15N2O+. The van der Waals surface area contributed by atoms with E-state index >= 15 is 0 Å². The van der Waals surface area contributed by atoms with Gasteiger partial charge in [-0.3, -0.25) is 0 Å². The van der Waals surface area contributed by atoms with E-state index in [4.69, 9.17) is 0 Å². The van der Waals surface area contributed by atoms with Crippen LogP contribution < -0.4 is 4.57 Å². The van der Waals surface area contributed by atoms with Crippen LogP contribution in [-0.2, 0) is 7.05 Å². The van der Waals surface area contributed by atoms with Gasteiger partial charge < -0.3 is 5.11 Å². The molecule has 1 unspecified atom stereocenters. The summed E-state index contributed by atoms with van der Waals surface area (Å²) >= 11 is 0. The number of aromatic nitrogens is 2. The molecule has 1 N–H and O–H groups in total. The number of aryl methyl sites for hydroxylation is 1. The van der Waals surface area contributed by atoms with Gasteiger partial charge in [-0.25, -0.2) is 9.13 Å². The first-order chi connectivity index (χ1) is 5.16. The van der Waals surface area contributed by atoms with Crippen molar-refractivity contribution in [2.75, 3.05) is 0 Å². The van der Waals surface area contributed by atoms with Crippen molar-refractivity contribution in [1.82, 2.24) is 4.57 Å². The number of imidazole rings is 1. The molecule has 0 saturated heterocycles. The van der Waals surface area contributed by atoms with Crippen LogP contribution in [0.5, 0.6) is 0 Å². The van der Waals surface area contributed by atoms with Gasteiger partial charge in [-0.15, -0.1) is 0 Å². The molecule has 1 aromatic rings. The SMILES string of the molecule is CCC(O)[n+]1ccn(C)c1C. The lowest BCUT2D eigenvalue weighted by molar-refractivity contribution is -0.764. The zero-order valence-corrected chi connectivity index (χ0v) is 7.28. The van der Waals surface area contributed by atoms with E-state index in [1.54, 1.807) is 0 Å². The van der Waals surface area contributed by atoms with Crippen molar-refractivity contribution in [2.45, 2.75) is 26.5 Å². The summed E-state index contributed by atoms with van der Waals surface area (Å²) in [5, 5.41) is 9.47. The molecule has 3 nitrogen and oxygen atoms in total. The predicted octanol–water partition coefficient (Wildman–Crippen LogP) is 0.522. The fraction of sp³-hybridized carbons (Fsp3) is 0.625. The van der Waals surface area contributed by atoms with Crippen molar-refractivity contribution in [1.29, 1.82) is 0 Å². The minimum absolute atomic E-state index is 0.379. The Hall–Kier alpha value is -0.830. The van der Waals surface area contributed by atoms with Gasteiger partial charge in [0.2, 0.25) is 0 Å². The van der Waals surface area contributed by atoms with Crippen LogP contribution in [0.15, 0.2) is 12.4 Å². The number of hydrogen-bond donors (Lipinski definition) is 1. The number of hydrogen-bond acceptors (Lipinski definition) is 1. The number of nitrogens with zero attached hydrogens (tertiary/aromatic N) is 2. The molecule has 0 saturated carbocycles. The molecule has 0 amide bonds. The van der Waals surface area contributed by atoms with Crippen LogP contribution in [0.3, 0.4) is 0 Å². The minimum atomic E-state index is -0.379. The van der Waals surface area contributed by atoms with Crippen LogP contribution in [0.2, 0.25) is 0 Å². The Kier molecular flexibility index (Phi) is 2.29. The summed E-state index contributed by atoms with van der Waals surface area (Å²) in [4.78, 5) is 0. The highest BCUT2D eigenvalue weighted by Crippen LogP contribution is 1.99. The van der Waals surface area contributed by atoms with Gasteiger partial charge in [-0.2, -0.15) is 0 Å². The summed E-state index contributed by atoms with van der Waals surface area (Å²) in [6.07, 6.45) is 4.20. The Morgan fingerprint density at radius 2 is 2.36 bits per heavy atom. The molecule has 11 heavy (non-hydrogen) atoms. The van der Waals surface area contributed by atoms with Crippen molar-refractivity contribution < 1.29 is 9.67 Å². The van der Waals surface area contributed by atoms with Gasteiger partial charge in [0.1, 0.15) is 12.4 Å². The van der Waals surface area contributed by atoms with E-state index in [1.165, 1.54) is 0 Å². The first-order valence-corrected chi connectivity index (χ1v) is 3.88. The Morgan fingerprint density at radius 3 is 2.73 bits per heavy atom. The Morgan fingerprint density at radius 1 is 1.73 bits per heavy atom. The zero-order valence-electron chi connectivity index (χ0n) is 7.28. The Balaban J connectivity index is 2.94. The highest BCUT2D eigenvalue weighted by atomic mass is 16.3. The molecule has 0 aliphatic carbocycles. The lowest BCUT2D eigenvalue weighted by Gasteiger charge is -2.03. The topological polar surface area (TPSA) is 29.0 Å². The second-order valence-corrected chi connectivity index (χ2v) is 2.75. The standard InChI is InChI=1S/C8H15N2O/c1-4-8(11)10-6-5-9(3)7(10)2/h5-6,8,11H,4H2,1-3H3/q+1. The molecule has 1 aromatic heterocycles. The highest BCUT2D eigenvalue weighted by Gasteiger charge is 2.14. The first-order valence-electron chi connectivity index (χ1n) is 3.88. The van der Waals surface area contributed by atoms with Gasteiger partial charge in [0.05, 0.1) is 7.05 Å². The summed E-state index contributed by atoms with van der Waals surface area (Å²) in [5.41, 5.74) is 0. The van der Waals surface area contributed by atoms with Gasteiger partial charge >= 0.3 is 0 Å². The first kappa shape index (κ1) is 8.27. The molecule has 3 heteroatoms. The molecule has 1 rings (SSSR count). The van der Waals surface area contributed by atoms with Crippen LogP contribution in [0.4, 0.5) is 0 Å². The van der Waals surface area contributed by atoms with Crippen LogP contribution in [0.1, 0.15) is 25.4 Å². The number of aliphatic hydroxyl groups excluding tert-OH is 1. The molecule has 0 spiro atoms. The molecule has 0 radical (unpaired) electrons. The van der Waals surface area contributed by atoms with Gasteiger partial charge in [0.15, 0.2) is 6.23 Å². The van der Waals surface area contributed by atoms with E-state index < -0.39 is 0 Å². The van der Waals surface area contributed by atoms with E-state index in [0.29, 0.717) is 0 Å². The fourth-order valence-electron chi connectivity index (χ4n) is 1.08. The average molecular weight is 155 g/mol. The Bertz CT molecular complexity index is 242. The van der Waals surface area contributed by atoms with Crippen LogP contribution in [-0.4, -0.2) is 9.67 Å². The van der Waals surface area contributed by atoms with Gasteiger partial charge in [0.25, 0.3) is 5.82 Å². The second kappa shape index (κ2) is 3.05. The second-order valence-electron chi connectivity index (χ2n) is 2.75. The monoisotopic (exact) mass is 155 g/mol. The molecular weight excluding hydrogens is 140 g/mol. The zero-order chi connectivity index (χ0) is 8.43. The van der Waals surface area contributed by atoms with E-state index in [1.807, 2.05) is 42.4 Å². The van der Waals surface area contributed by atoms with Crippen molar-refractivity contribution in [3.05, 3.63) is 18.2 Å². The van der Waals surface area contributed by atoms with Gasteiger partial charge in [-0.05, 0) is 0 Å². The van der Waals surface area contributed by atoms with Crippen molar-refractivity contribution in [3.63, 3.8) is 0 Å². The maximum atomic E-state index is 9.47. The van der Waals surface area contributed by atoms with Crippen molar-refractivity contribution in [2.24, 2.45) is 7.05 Å². The summed E-state index contributed by atoms with van der Waals surface area (Å²) < 4.78 is 3.85. The lowest BCUT2D eigenvalue weighted by Crippen LogP contribution is -2.40. The Labute approximate surface area is 66.9 Å². The maximum Gasteiger partial charge on any atom is 0.255 e. The molecule has 0 aliphatic rings. The van der Waals surface area contributed by atoms with E-state index in [0.717, 1.165) is 12.2 Å². The summed E-state index contributed by atoms with van der Waals surface area (Å²) in [7, 11) is 1.97. The quantitative estimate of drug-likeness (QED) is 0.620. The largest absolute Gasteiger partial charge is 0.355 e. The van der Waals surface area contributed by atoms with Crippen molar-refractivity contribution in [3.8, 4) is 0 Å². The summed E-state index contributed by atoms with van der Waals surface area (Å²) in [5.74, 6) is 1.07. The third kappa shape index (κ3) is 1.43. The molecule has 0 aliphatic heterocycles. The minimum Gasteiger partial charge on any atom is -0.355 e. The maximum absolute atomic E-state index is 9.47. The molecule has 1 heterocycles. The van der Waals surface area contributed by atoms with Gasteiger partial charge in [0, 0.05) is 13.3 Å². The van der Waals surface area contributed by atoms with Crippen LogP contribution in [0.25, 0.3) is 0 Å². The number of rotatable bonds is 2. The lowest BCUT2D eigenvalue weighted by atomic mass is 10.4. The van der Waals surface area contributed by atoms with Crippen LogP contribution in [0, 0.1) is 6.92 Å². The smallest absolute Gasteiger partial charge is 0.255 e. The molecule has 0 aromatic carbocycles. The highest BCUT2D eigenvalue weighted by molar-refractivity contribution is 4.76. The normalized spacial score (nSPS) is 13.5. The third-order valence-corrected chi connectivity index (χ3v) is 2.02. The third-order valence-electron chi connectivity index (χ3n) is 2.02. The van der Waals surface area contributed by atoms with Crippen LogP contribution >= 0.6 is 0 Å². The average Bonchev–Trinajstić information content (AvgIpc) is 2.32. The number of aliphatic hydroxyl groups is 1. The molecule has 0 fully saturated rings. The van der Waals surface area contributed by atoms with E-state index in [9.17, 15) is 5.11 Å². The predicted molar refractivity (Wildman–Crippen MR) is 41.9 cm³/mol.